The molecular formula is C11H11F2N3. The molecule has 0 fully saturated rings. The van der Waals surface area contributed by atoms with Crippen LogP contribution in [-0.2, 0) is 0 Å². The molecule has 1 aromatic carbocycles. The summed E-state index contributed by atoms with van der Waals surface area (Å²) in [6.45, 7) is 3.34. The molecule has 2 rings (SSSR count). The average molecular weight is 223 g/mol. The maximum Gasteiger partial charge on any atom is 0.204 e. The average Bonchev–Trinajstić information content (AvgIpc) is 2.60. The quantitative estimate of drug-likeness (QED) is 0.821. The third-order valence-electron chi connectivity index (χ3n) is 2.20. The molecule has 0 radical (unpaired) electrons. The van der Waals surface area contributed by atoms with Gasteiger partial charge < -0.3 is 10.3 Å². The highest BCUT2D eigenvalue weighted by Gasteiger charge is 2.08. The highest BCUT2D eigenvalue weighted by Crippen LogP contribution is 2.21. The molecule has 16 heavy (non-hydrogen) atoms. The Morgan fingerprint density at radius 1 is 1.19 bits per heavy atom. The van der Waals surface area contributed by atoms with E-state index < -0.39 is 11.6 Å². The largest absolute Gasteiger partial charge is 0.328 e. The monoisotopic (exact) mass is 223 g/mol. The summed E-state index contributed by atoms with van der Waals surface area (Å²) in [5.41, 5.74) is 1.19. The number of aryl methyl sites for hydroxylation is 2. The van der Waals surface area contributed by atoms with Crippen LogP contribution >= 0.6 is 0 Å². The molecule has 0 aliphatic rings. The van der Waals surface area contributed by atoms with E-state index in [1.54, 1.807) is 6.20 Å². The lowest BCUT2D eigenvalue weighted by atomic mass is 10.2. The lowest BCUT2D eigenvalue weighted by molar-refractivity contribution is 0.595. The zero-order valence-corrected chi connectivity index (χ0v) is 8.94. The number of aromatic amines is 1. The fraction of sp³-hybridized carbons (Fsp3) is 0.182. The van der Waals surface area contributed by atoms with Crippen molar-refractivity contribution in [3.05, 3.63) is 41.2 Å². The number of halogens is 2. The third kappa shape index (κ3) is 2.03. The maximum atomic E-state index is 13.5. The van der Waals surface area contributed by atoms with E-state index in [2.05, 4.69) is 15.3 Å². The van der Waals surface area contributed by atoms with Crippen molar-refractivity contribution < 1.29 is 8.78 Å². The first kappa shape index (κ1) is 10.6. The van der Waals surface area contributed by atoms with E-state index in [9.17, 15) is 8.78 Å². The predicted molar refractivity (Wildman–Crippen MR) is 57.7 cm³/mol. The summed E-state index contributed by atoms with van der Waals surface area (Å²) in [7, 11) is 0. The van der Waals surface area contributed by atoms with Gasteiger partial charge in [-0.3, -0.25) is 0 Å². The lowest BCUT2D eigenvalue weighted by Crippen LogP contribution is -1.98. The van der Waals surface area contributed by atoms with Crippen molar-refractivity contribution in [1.82, 2.24) is 9.97 Å². The summed E-state index contributed by atoms with van der Waals surface area (Å²) >= 11 is 0. The van der Waals surface area contributed by atoms with Crippen molar-refractivity contribution >= 4 is 11.6 Å². The van der Waals surface area contributed by atoms with Gasteiger partial charge in [0.05, 0.1) is 5.69 Å². The Bertz CT molecular complexity index is 520. The zero-order valence-electron chi connectivity index (χ0n) is 8.94. The molecule has 84 valence electrons. The molecule has 0 atom stereocenters. The molecule has 0 aliphatic heterocycles. The molecule has 0 spiro atoms. The first-order valence-electron chi connectivity index (χ1n) is 4.80. The van der Waals surface area contributed by atoms with Crippen molar-refractivity contribution in [3.8, 4) is 0 Å². The fourth-order valence-electron chi connectivity index (χ4n) is 1.35. The highest BCUT2D eigenvalue weighted by atomic mass is 19.1. The van der Waals surface area contributed by atoms with Crippen LogP contribution in [0.1, 0.15) is 11.3 Å². The Hall–Kier alpha value is -1.91. The Balaban J connectivity index is 2.31. The molecule has 0 bridgehead atoms. The molecular weight excluding hydrogens is 212 g/mol. The van der Waals surface area contributed by atoms with Crippen LogP contribution in [0.5, 0.6) is 0 Å². The third-order valence-corrected chi connectivity index (χ3v) is 2.20. The summed E-state index contributed by atoms with van der Waals surface area (Å²) in [5, 5.41) is 2.68. The molecule has 5 heteroatoms. The van der Waals surface area contributed by atoms with E-state index in [0.29, 0.717) is 5.95 Å². The minimum absolute atomic E-state index is 0.0671. The summed E-state index contributed by atoms with van der Waals surface area (Å²) in [6, 6.07) is 2.26. The second-order valence-electron chi connectivity index (χ2n) is 3.62. The van der Waals surface area contributed by atoms with Gasteiger partial charge in [-0.2, -0.15) is 0 Å². The molecule has 0 aliphatic carbocycles. The molecule has 1 aromatic heterocycles. The number of nitrogens with zero attached hydrogens (tertiary/aromatic N) is 1. The predicted octanol–water partition coefficient (Wildman–Crippen LogP) is 3.05. The van der Waals surface area contributed by atoms with Gasteiger partial charge in [-0.05, 0) is 25.5 Å². The van der Waals surface area contributed by atoms with Crippen molar-refractivity contribution in [3.63, 3.8) is 0 Å². The SMILES string of the molecule is Cc1cnc(Nc2cc(F)c(C)cc2F)[nH]1. The Kier molecular flexibility index (Phi) is 2.60. The number of H-pyrrole nitrogens is 1. The second kappa shape index (κ2) is 3.92. The number of nitrogens with one attached hydrogen (secondary N) is 2. The number of aromatic nitrogens is 2. The first-order valence-corrected chi connectivity index (χ1v) is 4.80. The van der Waals surface area contributed by atoms with Gasteiger partial charge in [0.1, 0.15) is 11.6 Å². The van der Waals surface area contributed by atoms with Gasteiger partial charge >= 0.3 is 0 Å². The van der Waals surface area contributed by atoms with Gasteiger partial charge in [0.15, 0.2) is 0 Å². The van der Waals surface area contributed by atoms with E-state index in [1.165, 1.54) is 6.92 Å². The van der Waals surface area contributed by atoms with Crippen LogP contribution < -0.4 is 5.32 Å². The minimum atomic E-state index is -0.507. The Morgan fingerprint density at radius 2 is 1.94 bits per heavy atom. The molecule has 0 saturated carbocycles. The molecule has 0 amide bonds. The van der Waals surface area contributed by atoms with E-state index in [1.807, 2.05) is 6.92 Å². The van der Waals surface area contributed by atoms with E-state index in [0.717, 1.165) is 17.8 Å². The molecule has 2 aromatic rings. The van der Waals surface area contributed by atoms with Crippen LogP contribution in [0.3, 0.4) is 0 Å². The fourth-order valence-corrected chi connectivity index (χ4v) is 1.35. The smallest absolute Gasteiger partial charge is 0.204 e. The molecule has 0 unspecified atom stereocenters. The molecule has 0 saturated heterocycles. The standard InChI is InChI=1S/C11H11F2N3/c1-6-3-9(13)10(4-8(6)12)16-11-14-5-7(2)15-11/h3-5H,1-2H3,(H2,14,15,16). The Morgan fingerprint density at radius 3 is 2.56 bits per heavy atom. The summed E-state index contributed by atoms with van der Waals surface area (Å²) in [5.74, 6) is -0.570. The van der Waals surface area contributed by atoms with Crippen LogP contribution in [0.2, 0.25) is 0 Å². The van der Waals surface area contributed by atoms with E-state index in [4.69, 9.17) is 0 Å². The van der Waals surface area contributed by atoms with E-state index >= 15 is 0 Å². The summed E-state index contributed by atoms with van der Waals surface area (Å²) < 4.78 is 26.7. The van der Waals surface area contributed by atoms with Crippen molar-refractivity contribution in [2.75, 3.05) is 5.32 Å². The van der Waals surface area contributed by atoms with Gasteiger partial charge in [0, 0.05) is 18.0 Å². The summed E-state index contributed by atoms with van der Waals surface area (Å²) in [4.78, 5) is 6.82. The Labute approximate surface area is 91.5 Å². The first-order chi connectivity index (χ1) is 7.56. The van der Waals surface area contributed by atoms with Gasteiger partial charge in [0.25, 0.3) is 0 Å². The van der Waals surface area contributed by atoms with Gasteiger partial charge in [0.2, 0.25) is 5.95 Å². The van der Waals surface area contributed by atoms with Gasteiger partial charge in [-0.15, -0.1) is 0 Å². The topological polar surface area (TPSA) is 40.7 Å². The van der Waals surface area contributed by atoms with Crippen LogP contribution in [0, 0.1) is 25.5 Å². The van der Waals surface area contributed by atoms with Gasteiger partial charge in [-0.25, -0.2) is 13.8 Å². The van der Waals surface area contributed by atoms with Crippen molar-refractivity contribution in [1.29, 1.82) is 0 Å². The summed E-state index contributed by atoms with van der Waals surface area (Å²) in [6.07, 6.45) is 1.60. The zero-order chi connectivity index (χ0) is 11.7. The van der Waals surface area contributed by atoms with Crippen molar-refractivity contribution in [2.24, 2.45) is 0 Å². The maximum absolute atomic E-state index is 13.5. The molecule has 2 N–H and O–H groups in total. The van der Waals surface area contributed by atoms with Crippen LogP contribution in [0.15, 0.2) is 18.3 Å². The minimum Gasteiger partial charge on any atom is -0.328 e. The number of imidazole rings is 1. The number of hydrogen-bond acceptors (Lipinski definition) is 2. The van der Waals surface area contributed by atoms with E-state index in [-0.39, 0.29) is 11.3 Å². The van der Waals surface area contributed by atoms with Crippen LogP contribution in [-0.4, -0.2) is 9.97 Å². The number of anilines is 2. The molecule has 1 heterocycles. The number of rotatable bonds is 2. The van der Waals surface area contributed by atoms with Crippen LogP contribution in [0.25, 0.3) is 0 Å². The van der Waals surface area contributed by atoms with Crippen molar-refractivity contribution in [2.45, 2.75) is 13.8 Å². The number of benzene rings is 1. The normalized spacial score (nSPS) is 10.5. The van der Waals surface area contributed by atoms with Gasteiger partial charge in [-0.1, -0.05) is 0 Å². The van der Waals surface area contributed by atoms with Crippen LogP contribution in [0.4, 0.5) is 20.4 Å². The lowest BCUT2D eigenvalue weighted by Gasteiger charge is -2.06. The molecule has 3 nitrogen and oxygen atoms in total. The second-order valence-corrected chi connectivity index (χ2v) is 3.62. The highest BCUT2D eigenvalue weighted by molar-refractivity contribution is 5.55. The number of hydrogen-bond donors (Lipinski definition) is 2.